The minimum absolute atomic E-state index is 0.116. The Kier molecular flexibility index (Phi) is 4.50. The van der Waals surface area contributed by atoms with Crippen LogP contribution in [-0.4, -0.2) is 38.2 Å². The summed E-state index contributed by atoms with van der Waals surface area (Å²) < 4.78 is 18.6. The van der Waals surface area contributed by atoms with Crippen molar-refractivity contribution in [2.45, 2.75) is 0 Å². The van der Waals surface area contributed by atoms with Crippen molar-refractivity contribution in [3.63, 3.8) is 0 Å². The van der Waals surface area contributed by atoms with Crippen molar-refractivity contribution < 1.29 is 14.1 Å². The lowest BCUT2D eigenvalue weighted by Crippen LogP contribution is -2.46. The number of nitro benzene ring substituents is 1. The normalized spacial score (nSPS) is 14.6. The van der Waals surface area contributed by atoms with E-state index in [4.69, 9.17) is 4.74 Å². The third kappa shape index (κ3) is 3.10. The van der Waals surface area contributed by atoms with Crippen LogP contribution in [0.3, 0.4) is 0 Å². The molecule has 0 bridgehead atoms. The number of hydrogen-bond donors (Lipinski definition) is 0. The van der Waals surface area contributed by atoms with Crippen LogP contribution < -0.4 is 14.5 Å². The van der Waals surface area contributed by atoms with Crippen molar-refractivity contribution >= 4 is 17.1 Å². The lowest BCUT2D eigenvalue weighted by atomic mass is 10.2. The number of halogens is 1. The van der Waals surface area contributed by atoms with E-state index >= 15 is 0 Å². The Hall–Kier alpha value is -2.83. The topological polar surface area (TPSA) is 58.8 Å². The SMILES string of the molecule is COc1cc(F)ccc1N1CCN(c2ccccc2[N+](=O)[O-])CC1. The number of hydrogen-bond acceptors (Lipinski definition) is 5. The highest BCUT2D eigenvalue weighted by molar-refractivity contribution is 5.65. The van der Waals surface area contributed by atoms with E-state index in [9.17, 15) is 14.5 Å². The van der Waals surface area contributed by atoms with Gasteiger partial charge in [0.05, 0.1) is 17.7 Å². The molecule has 6 nitrogen and oxygen atoms in total. The lowest BCUT2D eigenvalue weighted by molar-refractivity contribution is -0.384. The summed E-state index contributed by atoms with van der Waals surface area (Å²) in [6.45, 7) is 2.64. The monoisotopic (exact) mass is 331 g/mol. The minimum Gasteiger partial charge on any atom is -0.494 e. The Bertz CT molecular complexity index is 746. The second-order valence-corrected chi connectivity index (χ2v) is 5.54. The molecule has 0 saturated carbocycles. The fourth-order valence-corrected chi connectivity index (χ4v) is 2.99. The van der Waals surface area contributed by atoms with Gasteiger partial charge < -0.3 is 14.5 Å². The summed E-state index contributed by atoms with van der Waals surface area (Å²) in [5.74, 6) is 0.156. The summed E-state index contributed by atoms with van der Waals surface area (Å²) in [4.78, 5) is 14.9. The van der Waals surface area contributed by atoms with Gasteiger partial charge in [-0.2, -0.15) is 0 Å². The van der Waals surface area contributed by atoms with Gasteiger partial charge in [-0.15, -0.1) is 0 Å². The first kappa shape index (κ1) is 16.0. The number of methoxy groups -OCH3 is 1. The van der Waals surface area contributed by atoms with Crippen molar-refractivity contribution in [1.82, 2.24) is 0 Å². The Labute approximate surface area is 139 Å². The maximum Gasteiger partial charge on any atom is 0.292 e. The summed E-state index contributed by atoms with van der Waals surface area (Å²) in [7, 11) is 1.52. The van der Waals surface area contributed by atoms with Gasteiger partial charge in [0, 0.05) is 38.3 Å². The number of ether oxygens (including phenoxy) is 1. The zero-order chi connectivity index (χ0) is 17.1. The maximum atomic E-state index is 13.3. The number of nitro groups is 1. The van der Waals surface area contributed by atoms with Gasteiger partial charge in [-0.1, -0.05) is 12.1 Å². The van der Waals surface area contributed by atoms with Crippen LogP contribution in [0, 0.1) is 15.9 Å². The quantitative estimate of drug-likeness (QED) is 0.636. The summed E-state index contributed by atoms with van der Waals surface area (Å²) in [5.41, 5.74) is 1.58. The largest absolute Gasteiger partial charge is 0.494 e. The average Bonchev–Trinajstić information content (AvgIpc) is 2.61. The minimum atomic E-state index is -0.356. The molecule has 1 saturated heterocycles. The van der Waals surface area contributed by atoms with Gasteiger partial charge in [0.2, 0.25) is 0 Å². The van der Waals surface area contributed by atoms with Gasteiger partial charge in [0.25, 0.3) is 5.69 Å². The molecule has 0 radical (unpaired) electrons. The predicted molar refractivity (Wildman–Crippen MR) is 90.5 cm³/mol. The smallest absolute Gasteiger partial charge is 0.292 e. The molecule has 2 aromatic carbocycles. The third-order valence-electron chi connectivity index (χ3n) is 4.18. The molecule has 1 heterocycles. The summed E-state index contributed by atoms with van der Waals surface area (Å²) in [6, 6.07) is 11.2. The van der Waals surface area contributed by atoms with E-state index in [0.29, 0.717) is 37.6 Å². The Morgan fingerprint density at radius 1 is 1.04 bits per heavy atom. The molecule has 0 spiro atoms. The third-order valence-corrected chi connectivity index (χ3v) is 4.18. The predicted octanol–water partition coefficient (Wildman–Crippen LogP) is 3.07. The fraction of sp³-hybridized carbons (Fsp3) is 0.294. The van der Waals surface area contributed by atoms with Gasteiger partial charge in [-0.3, -0.25) is 10.1 Å². The first-order valence-electron chi connectivity index (χ1n) is 7.67. The van der Waals surface area contributed by atoms with Gasteiger partial charge in [-0.05, 0) is 18.2 Å². The molecule has 0 atom stereocenters. The van der Waals surface area contributed by atoms with Gasteiger partial charge >= 0.3 is 0 Å². The van der Waals surface area contributed by atoms with E-state index in [1.54, 1.807) is 24.3 Å². The van der Waals surface area contributed by atoms with Crippen LogP contribution in [0.15, 0.2) is 42.5 Å². The average molecular weight is 331 g/mol. The van der Waals surface area contributed by atoms with Crippen molar-refractivity contribution in [1.29, 1.82) is 0 Å². The van der Waals surface area contributed by atoms with Crippen LogP contribution in [0.25, 0.3) is 0 Å². The number of piperazine rings is 1. The molecule has 0 N–H and O–H groups in total. The Morgan fingerprint density at radius 3 is 2.29 bits per heavy atom. The summed E-state index contributed by atoms with van der Waals surface area (Å²) in [5, 5.41) is 11.2. The van der Waals surface area contributed by atoms with Gasteiger partial charge in [-0.25, -0.2) is 4.39 Å². The molecule has 2 aromatic rings. The molecule has 1 aliphatic rings. The molecule has 1 aliphatic heterocycles. The zero-order valence-corrected chi connectivity index (χ0v) is 13.3. The van der Waals surface area contributed by atoms with Crippen LogP contribution in [0.4, 0.5) is 21.5 Å². The number of para-hydroxylation sites is 2. The van der Waals surface area contributed by atoms with Gasteiger partial charge in [0.15, 0.2) is 0 Å². The van der Waals surface area contributed by atoms with E-state index < -0.39 is 0 Å². The van der Waals surface area contributed by atoms with Crippen LogP contribution in [0.5, 0.6) is 5.75 Å². The molecule has 126 valence electrons. The van der Waals surface area contributed by atoms with Crippen molar-refractivity contribution in [2.75, 3.05) is 43.1 Å². The van der Waals surface area contributed by atoms with E-state index in [2.05, 4.69) is 4.90 Å². The molecule has 0 aliphatic carbocycles. The first-order chi connectivity index (χ1) is 11.6. The van der Waals surface area contributed by atoms with Crippen LogP contribution in [0.1, 0.15) is 0 Å². The second-order valence-electron chi connectivity index (χ2n) is 5.54. The van der Waals surface area contributed by atoms with Gasteiger partial charge in [0.1, 0.15) is 17.3 Å². The molecule has 1 fully saturated rings. The number of anilines is 2. The Balaban J connectivity index is 1.76. The summed E-state index contributed by atoms with van der Waals surface area (Å²) in [6.07, 6.45) is 0. The van der Waals surface area contributed by atoms with E-state index in [1.165, 1.54) is 25.3 Å². The molecule has 0 amide bonds. The van der Waals surface area contributed by atoms with E-state index in [1.807, 2.05) is 4.90 Å². The second kappa shape index (κ2) is 6.74. The lowest BCUT2D eigenvalue weighted by Gasteiger charge is -2.37. The van der Waals surface area contributed by atoms with Crippen molar-refractivity contribution in [2.24, 2.45) is 0 Å². The zero-order valence-electron chi connectivity index (χ0n) is 13.3. The Morgan fingerprint density at radius 2 is 1.67 bits per heavy atom. The van der Waals surface area contributed by atoms with E-state index in [0.717, 1.165) is 5.69 Å². The molecule has 0 unspecified atom stereocenters. The van der Waals surface area contributed by atoms with Crippen LogP contribution >= 0.6 is 0 Å². The highest BCUT2D eigenvalue weighted by Gasteiger charge is 2.24. The molecule has 24 heavy (non-hydrogen) atoms. The fourth-order valence-electron chi connectivity index (χ4n) is 2.99. The van der Waals surface area contributed by atoms with Crippen molar-refractivity contribution in [3.8, 4) is 5.75 Å². The highest BCUT2D eigenvalue weighted by atomic mass is 19.1. The van der Waals surface area contributed by atoms with Crippen LogP contribution in [0.2, 0.25) is 0 Å². The molecular weight excluding hydrogens is 313 g/mol. The molecule has 3 rings (SSSR count). The van der Waals surface area contributed by atoms with Crippen molar-refractivity contribution in [3.05, 3.63) is 58.4 Å². The molecule has 0 aromatic heterocycles. The molecular formula is C17H18FN3O3. The highest BCUT2D eigenvalue weighted by Crippen LogP contribution is 2.32. The summed E-state index contributed by atoms with van der Waals surface area (Å²) >= 11 is 0. The molecule has 7 heteroatoms. The standard InChI is InChI=1S/C17H18FN3O3/c1-24-17-12-13(18)6-7-16(17)20-10-8-19(9-11-20)14-4-2-3-5-15(14)21(22)23/h2-7,12H,8-11H2,1H3. The van der Waals surface area contributed by atoms with Crippen LogP contribution in [-0.2, 0) is 0 Å². The first-order valence-corrected chi connectivity index (χ1v) is 7.67. The number of nitrogens with zero attached hydrogens (tertiary/aromatic N) is 3. The maximum absolute atomic E-state index is 13.3. The number of benzene rings is 2. The van der Waals surface area contributed by atoms with E-state index in [-0.39, 0.29) is 16.4 Å². The number of rotatable bonds is 4.